The van der Waals surface area contributed by atoms with E-state index < -0.39 is 22.0 Å². The van der Waals surface area contributed by atoms with Crippen LogP contribution in [-0.4, -0.2) is 77.1 Å². The molecule has 14 heteroatoms. The van der Waals surface area contributed by atoms with Crippen LogP contribution in [0.2, 0.25) is 0 Å². The van der Waals surface area contributed by atoms with E-state index in [1.54, 1.807) is 26.0 Å². The van der Waals surface area contributed by atoms with Crippen molar-refractivity contribution in [2.75, 3.05) is 45.2 Å². The first-order chi connectivity index (χ1) is 21.5. The van der Waals surface area contributed by atoms with Gasteiger partial charge in [-0.05, 0) is 87.3 Å². The number of hydrogen-bond donors (Lipinski definition) is 5. The smallest absolute Gasteiger partial charge is 0.329 e. The highest BCUT2D eigenvalue weighted by Gasteiger charge is 2.26. The molecule has 1 atom stereocenters. The summed E-state index contributed by atoms with van der Waals surface area (Å²) >= 11 is 0. The fourth-order valence-corrected chi connectivity index (χ4v) is 6.60. The lowest BCUT2D eigenvalue weighted by molar-refractivity contribution is -0.144. The second kappa shape index (κ2) is 17.7. The summed E-state index contributed by atoms with van der Waals surface area (Å²) in [4.78, 5) is 41.5. The Morgan fingerprint density at radius 1 is 1.07 bits per heavy atom. The van der Waals surface area contributed by atoms with Crippen LogP contribution in [0, 0.1) is 13.8 Å². The number of fused-ring (bicyclic) bond motifs is 1. The molecule has 2 aromatic rings. The van der Waals surface area contributed by atoms with E-state index in [4.69, 9.17) is 15.2 Å². The number of amides is 2. The van der Waals surface area contributed by atoms with Crippen molar-refractivity contribution in [3.8, 4) is 5.75 Å². The molecule has 1 aliphatic rings. The molecular formula is C31H46N6O7S. The number of benzene rings is 1. The van der Waals surface area contributed by atoms with E-state index in [1.807, 2.05) is 6.07 Å². The number of ether oxygens (including phenoxy) is 2. The lowest BCUT2D eigenvalue weighted by Gasteiger charge is -2.19. The zero-order valence-electron chi connectivity index (χ0n) is 26.4. The molecule has 0 bridgehead atoms. The molecule has 0 spiro atoms. The van der Waals surface area contributed by atoms with E-state index in [0.29, 0.717) is 42.8 Å². The SMILES string of the molecule is COC(=O)C(CNS(=O)(=O)c1c(C)cc(OCCCC(=O)NCCN)cc1C)NC(=O)CCCCc1ccc2c(n1)NCCC2. The minimum absolute atomic E-state index is 0.0527. The Morgan fingerprint density at radius 2 is 1.80 bits per heavy atom. The number of nitrogens with one attached hydrogen (secondary N) is 4. The summed E-state index contributed by atoms with van der Waals surface area (Å²) in [5.74, 6) is 0.166. The van der Waals surface area contributed by atoms with E-state index in [0.717, 1.165) is 43.7 Å². The number of carbonyl (C=O) groups is 3. The highest BCUT2D eigenvalue weighted by Crippen LogP contribution is 2.26. The fourth-order valence-electron chi connectivity index (χ4n) is 5.11. The third-order valence-corrected chi connectivity index (χ3v) is 9.05. The largest absolute Gasteiger partial charge is 0.494 e. The summed E-state index contributed by atoms with van der Waals surface area (Å²) in [6, 6.07) is 6.12. The van der Waals surface area contributed by atoms with Crippen molar-refractivity contribution in [1.29, 1.82) is 0 Å². The van der Waals surface area contributed by atoms with Crippen LogP contribution in [0.15, 0.2) is 29.2 Å². The van der Waals surface area contributed by atoms with Gasteiger partial charge < -0.3 is 31.2 Å². The van der Waals surface area contributed by atoms with Gasteiger partial charge >= 0.3 is 5.97 Å². The van der Waals surface area contributed by atoms with Crippen molar-refractivity contribution in [3.05, 3.63) is 46.6 Å². The standard InChI is InChI=1S/C31H46N6O7S/c1-21-18-25(44-17-7-11-27(38)33-16-14-32)19-22(2)29(21)45(41,42)35-20-26(31(40)43-3)37-28(39)10-5-4-9-24-13-12-23-8-6-15-34-30(23)36-24/h12-13,18-19,26,35H,4-11,14-17,20,32H2,1-3H3,(H,33,38)(H,34,36)(H,37,39). The average Bonchev–Trinajstić information content (AvgIpc) is 3.01. The second-order valence-electron chi connectivity index (χ2n) is 11.0. The molecular weight excluding hydrogens is 600 g/mol. The Balaban J connectivity index is 1.49. The molecule has 0 saturated carbocycles. The molecule has 1 aromatic heterocycles. The highest BCUT2D eigenvalue weighted by atomic mass is 32.2. The minimum atomic E-state index is -4.05. The third-order valence-electron chi connectivity index (χ3n) is 7.32. The monoisotopic (exact) mass is 646 g/mol. The fraction of sp³-hybridized carbons (Fsp3) is 0.548. The molecule has 6 N–H and O–H groups in total. The molecule has 0 radical (unpaired) electrons. The number of esters is 1. The van der Waals surface area contributed by atoms with E-state index in [-0.39, 0.29) is 42.7 Å². The summed E-state index contributed by atoms with van der Waals surface area (Å²) in [5, 5.41) is 8.61. The second-order valence-corrected chi connectivity index (χ2v) is 12.7. The average molecular weight is 647 g/mol. The van der Waals surface area contributed by atoms with Crippen LogP contribution in [0.25, 0.3) is 0 Å². The first-order valence-corrected chi connectivity index (χ1v) is 16.8. The third kappa shape index (κ3) is 11.3. The Bertz CT molecular complexity index is 1410. The Labute approximate surface area is 265 Å². The summed E-state index contributed by atoms with van der Waals surface area (Å²) in [6.45, 7) is 4.90. The van der Waals surface area contributed by atoms with Gasteiger partial charge in [0.25, 0.3) is 0 Å². The molecule has 0 fully saturated rings. The Kier molecular flexibility index (Phi) is 14.0. The first kappa shape index (κ1) is 35.7. The molecule has 13 nitrogen and oxygen atoms in total. The quantitative estimate of drug-likeness (QED) is 0.118. The number of carbonyl (C=O) groups excluding carboxylic acids is 3. The van der Waals surface area contributed by atoms with Crippen molar-refractivity contribution in [1.82, 2.24) is 20.3 Å². The maximum Gasteiger partial charge on any atom is 0.329 e. The van der Waals surface area contributed by atoms with Gasteiger partial charge in [-0.1, -0.05) is 6.07 Å². The van der Waals surface area contributed by atoms with Gasteiger partial charge in [-0.3, -0.25) is 9.59 Å². The van der Waals surface area contributed by atoms with Gasteiger partial charge in [0, 0.05) is 44.7 Å². The molecule has 0 saturated heterocycles. The van der Waals surface area contributed by atoms with Crippen LogP contribution in [0.4, 0.5) is 5.82 Å². The maximum atomic E-state index is 13.3. The van der Waals surface area contributed by atoms with Crippen LogP contribution >= 0.6 is 0 Å². The highest BCUT2D eigenvalue weighted by molar-refractivity contribution is 7.89. The summed E-state index contributed by atoms with van der Waals surface area (Å²) < 4.78 is 39.5. The molecule has 45 heavy (non-hydrogen) atoms. The number of aromatic nitrogens is 1. The van der Waals surface area contributed by atoms with E-state index >= 15 is 0 Å². The number of aryl methyl sites for hydroxylation is 4. The number of pyridine rings is 1. The molecule has 248 valence electrons. The predicted molar refractivity (Wildman–Crippen MR) is 170 cm³/mol. The van der Waals surface area contributed by atoms with Gasteiger partial charge in [-0.15, -0.1) is 0 Å². The van der Waals surface area contributed by atoms with Gasteiger partial charge in [-0.2, -0.15) is 0 Å². The van der Waals surface area contributed by atoms with E-state index in [1.165, 1.54) is 12.7 Å². The Hall–Kier alpha value is -3.75. The molecule has 1 unspecified atom stereocenters. The number of methoxy groups -OCH3 is 1. The minimum Gasteiger partial charge on any atom is -0.494 e. The number of nitrogens with zero attached hydrogens (tertiary/aromatic N) is 1. The van der Waals surface area contributed by atoms with Crippen molar-refractivity contribution in [2.45, 2.75) is 76.2 Å². The number of rotatable bonds is 18. The van der Waals surface area contributed by atoms with Crippen LogP contribution in [0.1, 0.15) is 60.9 Å². The van der Waals surface area contributed by atoms with Crippen molar-refractivity contribution in [3.63, 3.8) is 0 Å². The summed E-state index contributed by atoms with van der Waals surface area (Å²) in [5.41, 5.74) is 8.44. The van der Waals surface area contributed by atoms with Crippen LogP contribution in [0.5, 0.6) is 5.75 Å². The molecule has 2 heterocycles. The van der Waals surface area contributed by atoms with Crippen molar-refractivity contribution in [2.24, 2.45) is 5.73 Å². The lowest BCUT2D eigenvalue weighted by atomic mass is 10.1. The molecule has 3 rings (SSSR count). The normalized spacial score (nSPS) is 13.2. The number of anilines is 1. The van der Waals surface area contributed by atoms with Crippen LogP contribution in [0.3, 0.4) is 0 Å². The number of unbranched alkanes of at least 4 members (excludes halogenated alkanes) is 1. The van der Waals surface area contributed by atoms with Gasteiger partial charge in [0.1, 0.15) is 17.6 Å². The number of hydrogen-bond acceptors (Lipinski definition) is 10. The number of sulfonamides is 1. The van der Waals surface area contributed by atoms with Gasteiger partial charge in [-0.25, -0.2) is 22.9 Å². The maximum absolute atomic E-state index is 13.3. The van der Waals surface area contributed by atoms with Crippen LogP contribution < -0.4 is 31.1 Å². The summed E-state index contributed by atoms with van der Waals surface area (Å²) in [6.07, 6.45) is 5.09. The lowest BCUT2D eigenvalue weighted by Crippen LogP contribution is -2.49. The van der Waals surface area contributed by atoms with Gasteiger partial charge in [0.2, 0.25) is 21.8 Å². The zero-order chi connectivity index (χ0) is 32.8. The van der Waals surface area contributed by atoms with Crippen molar-refractivity contribution < 1.29 is 32.3 Å². The van der Waals surface area contributed by atoms with Crippen LogP contribution in [-0.2, 0) is 42.0 Å². The Morgan fingerprint density at radius 3 is 2.51 bits per heavy atom. The molecule has 1 aliphatic heterocycles. The van der Waals surface area contributed by atoms with Crippen molar-refractivity contribution >= 4 is 33.6 Å². The summed E-state index contributed by atoms with van der Waals surface area (Å²) in [7, 11) is -2.88. The molecule has 1 aromatic carbocycles. The molecule has 2 amide bonds. The number of nitrogens with two attached hydrogens (primary N) is 1. The predicted octanol–water partition coefficient (Wildman–Crippen LogP) is 1.64. The van der Waals surface area contributed by atoms with Gasteiger partial charge in [0.05, 0.1) is 18.6 Å². The topological polar surface area (TPSA) is 191 Å². The van der Waals surface area contributed by atoms with E-state index in [9.17, 15) is 22.8 Å². The van der Waals surface area contributed by atoms with Gasteiger partial charge in [0.15, 0.2) is 0 Å². The van der Waals surface area contributed by atoms with E-state index in [2.05, 4.69) is 31.7 Å². The molecule has 0 aliphatic carbocycles. The zero-order valence-corrected chi connectivity index (χ0v) is 27.2. The first-order valence-electron chi connectivity index (χ1n) is 15.3.